The van der Waals surface area contributed by atoms with E-state index in [1.807, 2.05) is 0 Å². The third-order valence-electron chi connectivity index (χ3n) is 2.44. The number of carboxylic acids is 1. The summed E-state index contributed by atoms with van der Waals surface area (Å²) < 4.78 is 38.9. The highest BCUT2D eigenvalue weighted by atomic mass is 35.5. The Morgan fingerprint density at radius 1 is 1.47 bits per heavy atom. The first-order valence-electron chi connectivity index (χ1n) is 5.46. The van der Waals surface area contributed by atoms with E-state index in [2.05, 4.69) is 0 Å². The topological polar surface area (TPSA) is 74.7 Å². The second kappa shape index (κ2) is 6.31. The lowest BCUT2D eigenvalue weighted by molar-refractivity contribution is -0.137. The summed E-state index contributed by atoms with van der Waals surface area (Å²) in [5, 5.41) is 8.66. The van der Waals surface area contributed by atoms with Crippen LogP contribution in [0.4, 0.5) is 4.39 Å². The number of aliphatic carboxylic acids is 1. The van der Waals surface area contributed by atoms with Gasteiger partial charge < -0.3 is 5.11 Å². The van der Waals surface area contributed by atoms with Crippen molar-refractivity contribution in [3.8, 4) is 0 Å². The van der Waals surface area contributed by atoms with Gasteiger partial charge in [0.05, 0.1) is 6.42 Å². The van der Waals surface area contributed by atoms with Crippen LogP contribution in [0.5, 0.6) is 0 Å². The number of benzene rings is 1. The summed E-state index contributed by atoms with van der Waals surface area (Å²) >= 11 is 5.56. The number of nitrogens with zero attached hydrogens (tertiary/aromatic N) is 1. The molecular formula is C11H13ClFNO4S. The highest BCUT2D eigenvalue weighted by Gasteiger charge is 2.26. The molecule has 8 heteroatoms. The molecule has 0 saturated heterocycles. The van der Waals surface area contributed by atoms with E-state index in [1.165, 1.54) is 6.07 Å². The van der Waals surface area contributed by atoms with Gasteiger partial charge in [0.2, 0.25) is 10.0 Å². The Morgan fingerprint density at radius 2 is 2.11 bits per heavy atom. The molecule has 1 aromatic carbocycles. The molecule has 0 amide bonds. The summed E-state index contributed by atoms with van der Waals surface area (Å²) in [7, 11) is -4.06. The van der Waals surface area contributed by atoms with Crippen LogP contribution in [0.1, 0.15) is 13.3 Å². The minimum atomic E-state index is -4.06. The van der Waals surface area contributed by atoms with Gasteiger partial charge in [0.1, 0.15) is 10.7 Å². The molecular weight excluding hydrogens is 297 g/mol. The van der Waals surface area contributed by atoms with Crippen LogP contribution in [0.2, 0.25) is 5.02 Å². The Labute approximate surface area is 115 Å². The normalized spacial score (nSPS) is 11.8. The number of hydrogen-bond donors (Lipinski definition) is 1. The van der Waals surface area contributed by atoms with Crippen molar-refractivity contribution in [3.05, 3.63) is 29.0 Å². The van der Waals surface area contributed by atoms with Gasteiger partial charge in [0.15, 0.2) is 0 Å². The quantitative estimate of drug-likeness (QED) is 0.871. The summed E-state index contributed by atoms with van der Waals surface area (Å²) in [6.07, 6.45) is -0.345. The second-order valence-corrected chi connectivity index (χ2v) is 6.06. The molecule has 0 unspecified atom stereocenters. The van der Waals surface area contributed by atoms with E-state index in [0.717, 1.165) is 16.4 Å². The largest absolute Gasteiger partial charge is 0.481 e. The molecule has 0 spiro atoms. The summed E-state index contributed by atoms with van der Waals surface area (Å²) in [6.45, 7) is 1.39. The molecule has 0 aliphatic carbocycles. The fourth-order valence-electron chi connectivity index (χ4n) is 1.49. The van der Waals surface area contributed by atoms with Crippen molar-refractivity contribution in [3.63, 3.8) is 0 Å². The fourth-order valence-corrected chi connectivity index (χ4v) is 3.15. The summed E-state index contributed by atoms with van der Waals surface area (Å²) in [5.41, 5.74) is 0. The van der Waals surface area contributed by atoms with Gasteiger partial charge in [-0.05, 0) is 18.2 Å². The molecule has 0 aromatic heterocycles. The molecule has 19 heavy (non-hydrogen) atoms. The van der Waals surface area contributed by atoms with Crippen LogP contribution >= 0.6 is 11.6 Å². The number of hydrogen-bond acceptors (Lipinski definition) is 3. The van der Waals surface area contributed by atoms with Crippen LogP contribution in [0.3, 0.4) is 0 Å². The van der Waals surface area contributed by atoms with Crippen LogP contribution in [0, 0.1) is 5.82 Å². The maximum atomic E-state index is 13.6. The fraction of sp³-hybridized carbons (Fsp3) is 0.364. The lowest BCUT2D eigenvalue weighted by Crippen LogP contribution is -2.33. The van der Waals surface area contributed by atoms with Crippen molar-refractivity contribution >= 4 is 27.6 Å². The number of sulfonamides is 1. The third-order valence-corrected chi connectivity index (χ3v) is 4.68. The van der Waals surface area contributed by atoms with Crippen LogP contribution in [-0.4, -0.2) is 36.9 Å². The van der Waals surface area contributed by atoms with Gasteiger partial charge in [-0.25, -0.2) is 12.8 Å². The van der Waals surface area contributed by atoms with Crippen molar-refractivity contribution in [1.82, 2.24) is 4.31 Å². The SMILES string of the molecule is CCN(CCC(=O)O)S(=O)(=O)c1ccc(Cl)cc1F. The van der Waals surface area contributed by atoms with Gasteiger partial charge in [-0.3, -0.25) is 4.79 Å². The van der Waals surface area contributed by atoms with Crippen LogP contribution in [-0.2, 0) is 14.8 Å². The molecule has 0 bridgehead atoms. The molecule has 0 saturated carbocycles. The average molecular weight is 310 g/mol. The molecule has 1 N–H and O–H groups in total. The molecule has 0 aliphatic rings. The maximum Gasteiger partial charge on any atom is 0.304 e. The number of carbonyl (C=O) groups is 1. The molecule has 0 aliphatic heterocycles. The Hall–Kier alpha value is -1.18. The van der Waals surface area contributed by atoms with Crippen molar-refractivity contribution in [2.45, 2.75) is 18.2 Å². The Morgan fingerprint density at radius 3 is 2.58 bits per heavy atom. The van der Waals surface area contributed by atoms with Crippen molar-refractivity contribution < 1.29 is 22.7 Å². The molecule has 0 heterocycles. The van der Waals surface area contributed by atoms with Crippen molar-refractivity contribution in [2.75, 3.05) is 13.1 Å². The first-order chi connectivity index (χ1) is 8.78. The first kappa shape index (κ1) is 15.9. The van der Waals surface area contributed by atoms with Crippen molar-refractivity contribution in [1.29, 1.82) is 0 Å². The average Bonchev–Trinajstić information content (AvgIpc) is 2.28. The van der Waals surface area contributed by atoms with E-state index < -0.39 is 26.7 Å². The zero-order chi connectivity index (χ0) is 14.6. The van der Waals surface area contributed by atoms with E-state index in [9.17, 15) is 17.6 Å². The molecule has 0 radical (unpaired) electrons. The van der Waals surface area contributed by atoms with E-state index >= 15 is 0 Å². The van der Waals surface area contributed by atoms with Gasteiger partial charge >= 0.3 is 5.97 Å². The van der Waals surface area contributed by atoms with Gasteiger partial charge in [-0.15, -0.1) is 0 Å². The predicted molar refractivity (Wildman–Crippen MR) is 68.1 cm³/mol. The summed E-state index contributed by atoms with van der Waals surface area (Å²) in [4.78, 5) is 9.97. The van der Waals surface area contributed by atoms with Gasteiger partial charge in [0, 0.05) is 18.1 Å². The van der Waals surface area contributed by atoms with E-state index in [-0.39, 0.29) is 24.5 Å². The summed E-state index contributed by atoms with van der Waals surface area (Å²) in [6, 6.07) is 3.23. The van der Waals surface area contributed by atoms with Crippen molar-refractivity contribution in [2.24, 2.45) is 0 Å². The standard InChI is InChI=1S/C11H13ClFNO4S/c1-2-14(6-5-11(15)16)19(17,18)10-4-3-8(12)7-9(10)13/h3-4,7H,2,5-6H2,1H3,(H,15,16). The monoisotopic (exact) mass is 309 g/mol. The van der Waals surface area contributed by atoms with Crippen LogP contribution in [0.25, 0.3) is 0 Å². The highest BCUT2D eigenvalue weighted by molar-refractivity contribution is 7.89. The van der Waals surface area contributed by atoms with Crippen LogP contribution < -0.4 is 0 Å². The molecule has 106 valence electrons. The van der Waals surface area contributed by atoms with E-state index in [4.69, 9.17) is 16.7 Å². The molecule has 1 aromatic rings. The lowest BCUT2D eigenvalue weighted by Gasteiger charge is -2.19. The Bertz CT molecular complexity index is 576. The zero-order valence-corrected chi connectivity index (χ0v) is 11.7. The minimum Gasteiger partial charge on any atom is -0.481 e. The number of carboxylic acid groups (broad SMARTS) is 1. The molecule has 0 fully saturated rings. The van der Waals surface area contributed by atoms with Gasteiger partial charge in [-0.2, -0.15) is 4.31 Å². The third kappa shape index (κ3) is 3.89. The smallest absolute Gasteiger partial charge is 0.304 e. The Kier molecular flexibility index (Phi) is 5.28. The van der Waals surface area contributed by atoms with Crippen LogP contribution in [0.15, 0.2) is 23.1 Å². The van der Waals surface area contributed by atoms with E-state index in [1.54, 1.807) is 6.92 Å². The molecule has 5 nitrogen and oxygen atoms in total. The predicted octanol–water partition coefficient (Wildman–Crippen LogP) is 1.96. The minimum absolute atomic E-state index is 0.0533. The summed E-state index contributed by atoms with van der Waals surface area (Å²) in [5.74, 6) is -2.08. The molecule has 0 atom stereocenters. The molecule has 1 rings (SSSR count). The lowest BCUT2D eigenvalue weighted by atomic mass is 10.3. The number of halogens is 2. The van der Waals surface area contributed by atoms with E-state index in [0.29, 0.717) is 0 Å². The maximum absolute atomic E-state index is 13.6. The zero-order valence-electron chi connectivity index (χ0n) is 10.1. The number of rotatable bonds is 6. The van der Waals surface area contributed by atoms with Gasteiger partial charge in [0.25, 0.3) is 0 Å². The first-order valence-corrected chi connectivity index (χ1v) is 7.27. The Balaban J connectivity index is 3.09. The highest BCUT2D eigenvalue weighted by Crippen LogP contribution is 2.22. The second-order valence-electron chi connectivity index (χ2n) is 3.72. The van der Waals surface area contributed by atoms with Gasteiger partial charge in [-0.1, -0.05) is 18.5 Å².